The first kappa shape index (κ1) is 14.6. The molecule has 5 heteroatoms. The molecular formula is C17H22N4O. The van der Waals surface area contributed by atoms with Gasteiger partial charge in [0.1, 0.15) is 12.0 Å². The van der Waals surface area contributed by atoms with E-state index >= 15 is 0 Å². The molecule has 0 radical (unpaired) electrons. The van der Waals surface area contributed by atoms with Crippen LogP contribution in [0.5, 0.6) is 0 Å². The second kappa shape index (κ2) is 7.11. The maximum Gasteiger partial charge on any atom is 0.226 e. The average Bonchev–Trinajstić information content (AvgIpc) is 3.04. The number of aliphatic imine (C=N–C) groups is 1. The molecule has 1 fully saturated rings. The van der Waals surface area contributed by atoms with Crippen LogP contribution >= 0.6 is 0 Å². The van der Waals surface area contributed by atoms with Crippen LogP contribution in [0, 0.1) is 0 Å². The molecule has 2 aromatic rings. The zero-order valence-corrected chi connectivity index (χ0v) is 12.7. The summed E-state index contributed by atoms with van der Waals surface area (Å²) in [7, 11) is 0. The predicted octanol–water partition coefficient (Wildman–Crippen LogP) is 3.08. The van der Waals surface area contributed by atoms with Crippen molar-refractivity contribution in [2.24, 2.45) is 10.7 Å². The SMILES string of the molecule is NC(=NCc1coc(-c2ccccc2)n1)NC1CCCCC1. The third kappa shape index (κ3) is 3.87. The largest absolute Gasteiger partial charge is 0.444 e. The first-order valence-electron chi connectivity index (χ1n) is 7.87. The fourth-order valence-electron chi connectivity index (χ4n) is 2.76. The van der Waals surface area contributed by atoms with Crippen LogP contribution in [0.1, 0.15) is 37.8 Å². The van der Waals surface area contributed by atoms with E-state index in [1.54, 1.807) is 6.26 Å². The van der Waals surface area contributed by atoms with Gasteiger partial charge in [-0.25, -0.2) is 9.98 Å². The molecule has 0 spiro atoms. The Morgan fingerprint density at radius 3 is 2.77 bits per heavy atom. The molecule has 1 aromatic heterocycles. The van der Waals surface area contributed by atoms with Crippen LogP contribution in [0.4, 0.5) is 0 Å². The number of nitrogens with zero attached hydrogens (tertiary/aromatic N) is 2. The summed E-state index contributed by atoms with van der Waals surface area (Å²) in [4.78, 5) is 8.80. The molecule has 1 saturated carbocycles. The quantitative estimate of drug-likeness (QED) is 0.672. The van der Waals surface area contributed by atoms with E-state index in [2.05, 4.69) is 15.3 Å². The molecule has 0 amide bonds. The summed E-state index contributed by atoms with van der Waals surface area (Å²) in [6.07, 6.45) is 7.87. The summed E-state index contributed by atoms with van der Waals surface area (Å²) in [6.45, 7) is 0.432. The summed E-state index contributed by atoms with van der Waals surface area (Å²) in [6, 6.07) is 10.3. The Balaban J connectivity index is 1.57. The Kier molecular flexibility index (Phi) is 4.73. The average molecular weight is 298 g/mol. The highest BCUT2D eigenvalue weighted by Gasteiger charge is 2.13. The molecule has 1 aromatic carbocycles. The van der Waals surface area contributed by atoms with Gasteiger partial charge in [-0.3, -0.25) is 0 Å². The van der Waals surface area contributed by atoms with Gasteiger partial charge in [-0.1, -0.05) is 37.5 Å². The topological polar surface area (TPSA) is 76.4 Å². The van der Waals surface area contributed by atoms with Crippen molar-refractivity contribution < 1.29 is 4.42 Å². The summed E-state index contributed by atoms with van der Waals surface area (Å²) >= 11 is 0. The van der Waals surface area contributed by atoms with Gasteiger partial charge in [-0.2, -0.15) is 0 Å². The van der Waals surface area contributed by atoms with Crippen LogP contribution < -0.4 is 11.1 Å². The van der Waals surface area contributed by atoms with Crippen LogP contribution in [-0.2, 0) is 6.54 Å². The minimum atomic E-state index is 0.432. The standard InChI is InChI=1S/C17H22N4O/c18-17(21-14-9-5-2-6-10-14)19-11-15-12-22-16(20-15)13-7-3-1-4-8-13/h1,3-4,7-8,12,14H,2,5-6,9-11H2,(H3,18,19,21). The van der Waals surface area contributed by atoms with Gasteiger partial charge in [0.2, 0.25) is 5.89 Å². The van der Waals surface area contributed by atoms with Gasteiger partial charge in [0, 0.05) is 11.6 Å². The summed E-state index contributed by atoms with van der Waals surface area (Å²) in [5, 5.41) is 3.30. The number of oxazole rings is 1. The molecule has 116 valence electrons. The Hall–Kier alpha value is -2.30. The molecule has 0 aliphatic heterocycles. The Bertz CT molecular complexity index is 615. The van der Waals surface area contributed by atoms with Crippen molar-refractivity contribution >= 4 is 5.96 Å². The maximum atomic E-state index is 5.95. The van der Waals surface area contributed by atoms with Gasteiger partial charge in [-0.15, -0.1) is 0 Å². The minimum Gasteiger partial charge on any atom is -0.444 e. The third-order valence-corrected chi connectivity index (χ3v) is 3.94. The third-order valence-electron chi connectivity index (χ3n) is 3.94. The summed E-state index contributed by atoms with van der Waals surface area (Å²) in [5.41, 5.74) is 7.70. The van der Waals surface area contributed by atoms with E-state index in [1.807, 2.05) is 30.3 Å². The molecule has 1 aliphatic carbocycles. The highest BCUT2D eigenvalue weighted by atomic mass is 16.3. The second-order valence-electron chi connectivity index (χ2n) is 5.69. The number of nitrogens with two attached hydrogens (primary N) is 1. The predicted molar refractivity (Wildman–Crippen MR) is 87.3 cm³/mol. The van der Waals surface area contributed by atoms with Crippen LogP contribution in [0.2, 0.25) is 0 Å². The van der Waals surface area contributed by atoms with Crippen LogP contribution in [0.15, 0.2) is 46.0 Å². The van der Waals surface area contributed by atoms with Crippen molar-refractivity contribution in [3.8, 4) is 11.5 Å². The number of aromatic nitrogens is 1. The molecule has 1 aliphatic rings. The van der Waals surface area contributed by atoms with Crippen molar-refractivity contribution in [3.63, 3.8) is 0 Å². The molecule has 3 rings (SSSR count). The minimum absolute atomic E-state index is 0.432. The number of hydrogen-bond acceptors (Lipinski definition) is 3. The van der Waals surface area contributed by atoms with Gasteiger partial charge in [0.25, 0.3) is 0 Å². The van der Waals surface area contributed by atoms with E-state index in [1.165, 1.54) is 32.1 Å². The highest BCUT2D eigenvalue weighted by molar-refractivity contribution is 5.78. The van der Waals surface area contributed by atoms with Crippen LogP contribution in [0.3, 0.4) is 0 Å². The van der Waals surface area contributed by atoms with Crippen LogP contribution in [-0.4, -0.2) is 17.0 Å². The first-order valence-corrected chi connectivity index (χ1v) is 7.87. The molecule has 0 saturated heterocycles. The smallest absolute Gasteiger partial charge is 0.226 e. The van der Waals surface area contributed by atoms with E-state index < -0.39 is 0 Å². The van der Waals surface area contributed by atoms with Crippen molar-refractivity contribution in [2.75, 3.05) is 0 Å². The lowest BCUT2D eigenvalue weighted by Gasteiger charge is -2.23. The van der Waals surface area contributed by atoms with Gasteiger partial charge in [0.05, 0.1) is 6.54 Å². The normalized spacial score (nSPS) is 16.6. The maximum absolute atomic E-state index is 5.95. The van der Waals surface area contributed by atoms with E-state index in [0.29, 0.717) is 24.4 Å². The fraction of sp³-hybridized carbons (Fsp3) is 0.412. The number of rotatable bonds is 4. The van der Waals surface area contributed by atoms with Crippen molar-refractivity contribution in [1.82, 2.24) is 10.3 Å². The van der Waals surface area contributed by atoms with E-state index in [0.717, 1.165) is 11.3 Å². The van der Waals surface area contributed by atoms with E-state index in [9.17, 15) is 0 Å². The highest BCUT2D eigenvalue weighted by Crippen LogP contribution is 2.18. The monoisotopic (exact) mass is 298 g/mol. The summed E-state index contributed by atoms with van der Waals surface area (Å²) in [5.74, 6) is 1.11. The second-order valence-corrected chi connectivity index (χ2v) is 5.69. The summed E-state index contributed by atoms with van der Waals surface area (Å²) < 4.78 is 5.49. The molecule has 0 bridgehead atoms. The number of guanidine groups is 1. The lowest BCUT2D eigenvalue weighted by Crippen LogP contribution is -2.41. The van der Waals surface area contributed by atoms with Crippen molar-refractivity contribution in [1.29, 1.82) is 0 Å². The van der Waals surface area contributed by atoms with Crippen molar-refractivity contribution in [3.05, 3.63) is 42.3 Å². The Morgan fingerprint density at radius 2 is 2.00 bits per heavy atom. The zero-order valence-electron chi connectivity index (χ0n) is 12.7. The molecule has 0 atom stereocenters. The van der Waals surface area contributed by atoms with E-state index in [-0.39, 0.29) is 0 Å². The number of benzene rings is 1. The fourth-order valence-corrected chi connectivity index (χ4v) is 2.76. The molecular weight excluding hydrogens is 276 g/mol. The van der Waals surface area contributed by atoms with Gasteiger partial charge < -0.3 is 15.5 Å². The first-order chi connectivity index (χ1) is 10.8. The van der Waals surface area contributed by atoms with Crippen molar-refractivity contribution in [2.45, 2.75) is 44.7 Å². The molecule has 5 nitrogen and oxygen atoms in total. The molecule has 22 heavy (non-hydrogen) atoms. The lowest BCUT2D eigenvalue weighted by molar-refractivity contribution is 0.412. The van der Waals surface area contributed by atoms with E-state index in [4.69, 9.17) is 10.2 Å². The Morgan fingerprint density at radius 1 is 1.23 bits per heavy atom. The zero-order chi connectivity index (χ0) is 15.2. The van der Waals surface area contributed by atoms with Crippen LogP contribution in [0.25, 0.3) is 11.5 Å². The molecule has 1 heterocycles. The molecule has 3 N–H and O–H groups in total. The Labute approximate surface area is 130 Å². The number of hydrogen-bond donors (Lipinski definition) is 2. The van der Waals surface area contributed by atoms with Gasteiger partial charge in [-0.05, 0) is 25.0 Å². The lowest BCUT2D eigenvalue weighted by atomic mass is 9.96. The molecule has 0 unspecified atom stereocenters. The number of nitrogens with one attached hydrogen (secondary N) is 1. The van der Waals surface area contributed by atoms with Gasteiger partial charge >= 0.3 is 0 Å². The van der Waals surface area contributed by atoms with Gasteiger partial charge in [0.15, 0.2) is 5.96 Å².